The number of carbonyl (C=O) groups excluding carboxylic acids is 2. The predicted molar refractivity (Wildman–Crippen MR) is 79.1 cm³/mol. The summed E-state index contributed by atoms with van der Waals surface area (Å²) in [5.74, 6) is -0.715. The van der Waals surface area contributed by atoms with Crippen molar-refractivity contribution in [1.29, 1.82) is 0 Å². The first-order valence-corrected chi connectivity index (χ1v) is 7.49. The Morgan fingerprint density at radius 2 is 2.17 bits per heavy atom. The number of carbonyl (C=O) groups is 2. The molecule has 2 heterocycles. The molecule has 0 aliphatic carbocycles. The van der Waals surface area contributed by atoms with E-state index in [2.05, 4.69) is 15.7 Å². The smallest absolute Gasteiger partial charge is 0.332 e. The van der Waals surface area contributed by atoms with E-state index in [0.717, 1.165) is 11.3 Å². The molecule has 2 rings (SSSR count). The van der Waals surface area contributed by atoms with Gasteiger partial charge in [-0.3, -0.25) is 9.48 Å². The molecule has 1 fully saturated rings. The summed E-state index contributed by atoms with van der Waals surface area (Å²) in [6.07, 6.45) is -2.52. The molecule has 0 spiro atoms. The molecule has 0 radical (unpaired) electrons. The summed E-state index contributed by atoms with van der Waals surface area (Å²) in [6, 6.07) is -1.88. The minimum Gasteiger partial charge on any atom is -0.332 e. The Bertz CT molecular complexity index is 628. The molecule has 2 atom stereocenters. The SMILES string of the molecule is Cc1nn(C)cc1[C@H](C)NC(=O)N[C@@H]1CCN(CC(F)(F)F)C1=O. The summed E-state index contributed by atoms with van der Waals surface area (Å²) in [6.45, 7) is 2.24. The number of nitrogens with zero attached hydrogens (tertiary/aromatic N) is 3. The van der Waals surface area contributed by atoms with E-state index in [1.807, 2.05) is 0 Å². The van der Waals surface area contributed by atoms with E-state index in [4.69, 9.17) is 0 Å². The molecule has 1 aromatic rings. The van der Waals surface area contributed by atoms with E-state index >= 15 is 0 Å². The van der Waals surface area contributed by atoms with Crippen molar-refractivity contribution in [1.82, 2.24) is 25.3 Å². The zero-order valence-corrected chi connectivity index (χ0v) is 13.6. The maximum Gasteiger partial charge on any atom is 0.406 e. The molecule has 1 aliphatic rings. The van der Waals surface area contributed by atoms with Crippen molar-refractivity contribution < 1.29 is 22.8 Å². The number of rotatable bonds is 4. The van der Waals surface area contributed by atoms with Gasteiger partial charge in [-0.1, -0.05) is 0 Å². The van der Waals surface area contributed by atoms with E-state index in [-0.39, 0.29) is 19.0 Å². The van der Waals surface area contributed by atoms with Crippen LogP contribution < -0.4 is 10.6 Å². The van der Waals surface area contributed by atoms with Crippen LogP contribution in [0.2, 0.25) is 0 Å². The number of likely N-dealkylation sites (tertiary alicyclic amines) is 1. The quantitative estimate of drug-likeness (QED) is 0.860. The summed E-state index contributed by atoms with van der Waals surface area (Å²) >= 11 is 0. The number of alkyl halides is 3. The highest BCUT2D eigenvalue weighted by Gasteiger charge is 2.39. The summed E-state index contributed by atoms with van der Waals surface area (Å²) < 4.78 is 38.7. The number of halogens is 3. The van der Waals surface area contributed by atoms with Crippen LogP contribution in [0.4, 0.5) is 18.0 Å². The Morgan fingerprint density at radius 1 is 1.50 bits per heavy atom. The first-order chi connectivity index (χ1) is 11.1. The van der Waals surface area contributed by atoms with Crippen LogP contribution in [0.5, 0.6) is 0 Å². The van der Waals surface area contributed by atoms with Crippen LogP contribution in [0.15, 0.2) is 6.20 Å². The first-order valence-electron chi connectivity index (χ1n) is 7.49. The van der Waals surface area contributed by atoms with E-state index in [1.165, 1.54) is 0 Å². The second kappa shape index (κ2) is 6.70. The highest BCUT2D eigenvalue weighted by Crippen LogP contribution is 2.21. The van der Waals surface area contributed by atoms with Crippen molar-refractivity contribution in [3.8, 4) is 0 Å². The van der Waals surface area contributed by atoms with Crippen LogP contribution in [0, 0.1) is 6.92 Å². The normalized spacial score (nSPS) is 19.5. The van der Waals surface area contributed by atoms with E-state index in [0.29, 0.717) is 4.90 Å². The molecular formula is C14H20F3N5O2. The third-order valence-corrected chi connectivity index (χ3v) is 3.84. The minimum absolute atomic E-state index is 0.0272. The second-order valence-electron chi connectivity index (χ2n) is 5.90. The molecule has 134 valence electrons. The Kier molecular flexibility index (Phi) is 5.05. The predicted octanol–water partition coefficient (Wildman–Crippen LogP) is 1.25. The second-order valence-corrected chi connectivity index (χ2v) is 5.90. The number of hydrogen-bond acceptors (Lipinski definition) is 3. The molecule has 1 saturated heterocycles. The fourth-order valence-corrected chi connectivity index (χ4v) is 2.76. The molecule has 7 nitrogen and oxygen atoms in total. The van der Waals surface area contributed by atoms with Crippen molar-refractivity contribution in [2.45, 2.75) is 38.5 Å². The Labute approximate surface area is 137 Å². The number of hydrogen-bond donors (Lipinski definition) is 2. The molecule has 3 amide bonds. The number of nitrogens with one attached hydrogen (secondary N) is 2. The van der Waals surface area contributed by atoms with Gasteiger partial charge < -0.3 is 15.5 Å². The van der Waals surface area contributed by atoms with Gasteiger partial charge in [0.2, 0.25) is 5.91 Å². The largest absolute Gasteiger partial charge is 0.406 e. The molecule has 24 heavy (non-hydrogen) atoms. The Morgan fingerprint density at radius 3 is 2.71 bits per heavy atom. The molecule has 10 heteroatoms. The average Bonchev–Trinajstić information content (AvgIpc) is 2.93. The molecule has 1 aliphatic heterocycles. The van der Waals surface area contributed by atoms with Gasteiger partial charge in [0, 0.05) is 25.4 Å². The monoisotopic (exact) mass is 347 g/mol. The van der Waals surface area contributed by atoms with Crippen molar-refractivity contribution in [2.75, 3.05) is 13.1 Å². The highest BCUT2D eigenvalue weighted by molar-refractivity contribution is 5.88. The average molecular weight is 347 g/mol. The first kappa shape index (κ1) is 18.1. The van der Waals surface area contributed by atoms with Gasteiger partial charge in [-0.05, 0) is 20.3 Å². The van der Waals surface area contributed by atoms with Crippen LogP contribution in [-0.4, -0.2) is 51.9 Å². The molecule has 0 aromatic carbocycles. The van der Waals surface area contributed by atoms with Gasteiger partial charge in [-0.2, -0.15) is 18.3 Å². The lowest BCUT2D eigenvalue weighted by Crippen LogP contribution is -2.47. The van der Waals surface area contributed by atoms with E-state index < -0.39 is 30.7 Å². The van der Waals surface area contributed by atoms with Gasteiger partial charge in [0.1, 0.15) is 12.6 Å². The maximum absolute atomic E-state index is 12.4. The standard InChI is InChI=1S/C14H20F3N5O2/c1-8(10-6-21(3)20-9(10)2)18-13(24)19-11-4-5-22(12(11)23)7-14(15,16)17/h6,8,11H,4-5,7H2,1-3H3,(H2,18,19,24)/t8-,11+/m0/s1. The van der Waals surface area contributed by atoms with E-state index in [1.54, 1.807) is 31.8 Å². The third kappa shape index (κ3) is 4.39. The van der Waals surface area contributed by atoms with Crippen LogP contribution in [0.3, 0.4) is 0 Å². The van der Waals surface area contributed by atoms with Crippen molar-refractivity contribution in [3.63, 3.8) is 0 Å². The van der Waals surface area contributed by atoms with Gasteiger partial charge in [0.05, 0.1) is 11.7 Å². The number of aromatic nitrogens is 2. The summed E-state index contributed by atoms with van der Waals surface area (Å²) in [7, 11) is 1.76. The van der Waals surface area contributed by atoms with Crippen molar-refractivity contribution in [2.24, 2.45) is 7.05 Å². The summed E-state index contributed by atoms with van der Waals surface area (Å²) in [5, 5.41) is 9.28. The van der Waals surface area contributed by atoms with Crippen LogP contribution in [0.25, 0.3) is 0 Å². The molecular weight excluding hydrogens is 327 g/mol. The van der Waals surface area contributed by atoms with Crippen LogP contribution >= 0.6 is 0 Å². The third-order valence-electron chi connectivity index (χ3n) is 3.84. The molecule has 2 N–H and O–H groups in total. The summed E-state index contributed by atoms with van der Waals surface area (Å²) in [4.78, 5) is 24.6. The van der Waals surface area contributed by atoms with Crippen LogP contribution in [-0.2, 0) is 11.8 Å². The zero-order chi connectivity index (χ0) is 18.1. The van der Waals surface area contributed by atoms with Gasteiger partial charge in [0.15, 0.2) is 0 Å². The highest BCUT2D eigenvalue weighted by atomic mass is 19.4. The minimum atomic E-state index is -4.45. The van der Waals surface area contributed by atoms with Gasteiger partial charge in [-0.25, -0.2) is 4.79 Å². The lowest BCUT2D eigenvalue weighted by molar-refractivity contribution is -0.157. The van der Waals surface area contributed by atoms with Gasteiger partial charge in [-0.15, -0.1) is 0 Å². The molecule has 0 unspecified atom stereocenters. The topological polar surface area (TPSA) is 79.3 Å². The van der Waals surface area contributed by atoms with E-state index in [9.17, 15) is 22.8 Å². The molecule has 1 aromatic heterocycles. The lowest BCUT2D eigenvalue weighted by atomic mass is 10.1. The van der Waals surface area contributed by atoms with Gasteiger partial charge in [0.25, 0.3) is 0 Å². The number of urea groups is 1. The Balaban J connectivity index is 1.89. The van der Waals surface area contributed by atoms with Crippen molar-refractivity contribution >= 4 is 11.9 Å². The fraction of sp³-hybridized carbons (Fsp3) is 0.643. The number of amides is 3. The molecule has 0 saturated carbocycles. The Hall–Kier alpha value is -2.26. The maximum atomic E-state index is 12.4. The fourth-order valence-electron chi connectivity index (χ4n) is 2.76. The zero-order valence-electron chi connectivity index (χ0n) is 13.6. The lowest BCUT2D eigenvalue weighted by Gasteiger charge is -2.19. The van der Waals surface area contributed by atoms with Crippen molar-refractivity contribution in [3.05, 3.63) is 17.5 Å². The van der Waals surface area contributed by atoms with Gasteiger partial charge >= 0.3 is 12.2 Å². The van der Waals surface area contributed by atoms with Crippen LogP contribution in [0.1, 0.15) is 30.6 Å². The molecule has 0 bridgehead atoms. The number of aryl methyl sites for hydroxylation is 2. The summed E-state index contributed by atoms with van der Waals surface area (Å²) in [5.41, 5.74) is 1.59.